The molecule has 0 fully saturated rings. The van der Waals surface area contributed by atoms with E-state index in [4.69, 9.17) is 10.7 Å². The average molecular weight is 794 g/mol. The van der Waals surface area contributed by atoms with E-state index in [-0.39, 0.29) is 127 Å². The van der Waals surface area contributed by atoms with E-state index in [0.29, 0.717) is 17.7 Å². The van der Waals surface area contributed by atoms with Crippen LogP contribution in [0.4, 0.5) is 0 Å². The predicted octanol–water partition coefficient (Wildman–Crippen LogP) is 7.08. The van der Waals surface area contributed by atoms with E-state index in [2.05, 4.69) is 36.0 Å². The van der Waals surface area contributed by atoms with Crippen molar-refractivity contribution in [2.24, 2.45) is 5.90 Å². The molecule has 1 heterocycles. The van der Waals surface area contributed by atoms with Gasteiger partial charge in [0, 0.05) is 98.1 Å². The Balaban J connectivity index is -0.000000270. The number of nitrogens with two attached hydrogens (primary N) is 1. The summed E-state index contributed by atoms with van der Waals surface area (Å²) >= 11 is 0. The quantitative estimate of drug-likeness (QED) is 0.128. The summed E-state index contributed by atoms with van der Waals surface area (Å²) in [6.07, 6.45) is 1.14. The van der Waals surface area contributed by atoms with Crippen molar-refractivity contribution in [3.05, 3.63) is 165 Å². The van der Waals surface area contributed by atoms with Crippen molar-refractivity contribution in [2.45, 2.75) is 26.6 Å². The summed E-state index contributed by atoms with van der Waals surface area (Å²) < 4.78 is 0. The summed E-state index contributed by atoms with van der Waals surface area (Å²) in [6.45, 7) is 2.84. The van der Waals surface area contributed by atoms with Gasteiger partial charge in [-0.05, 0) is 35.2 Å². The molecule has 2 N–H and O–H groups in total. The molecular formula is C33H39N2O4Y3-3. The third-order valence-electron chi connectivity index (χ3n) is 5.30. The molecule has 3 radical (unpaired) electrons. The van der Waals surface area contributed by atoms with Gasteiger partial charge in [0.25, 0.3) is 11.8 Å². The first-order valence-electron chi connectivity index (χ1n) is 11.7. The zero-order valence-electron chi connectivity index (χ0n) is 25.0. The second-order valence-electron chi connectivity index (χ2n) is 7.85. The minimum atomic E-state index is -0.406. The Morgan fingerprint density at radius 3 is 1.21 bits per heavy atom. The van der Waals surface area contributed by atoms with Gasteiger partial charge in [-0.2, -0.15) is 0 Å². The number of rotatable bonds is 6. The number of imide groups is 1. The number of hydrogen-bond donors (Lipinski definition) is 1. The Hall–Kier alpha value is -0.788. The van der Waals surface area contributed by atoms with Gasteiger partial charge in [-0.15, -0.1) is 5.06 Å². The van der Waals surface area contributed by atoms with Crippen LogP contribution in [0.3, 0.4) is 0 Å². The van der Waals surface area contributed by atoms with Gasteiger partial charge >= 0.3 is 0 Å². The molecule has 0 unspecified atom stereocenters. The van der Waals surface area contributed by atoms with E-state index < -0.39 is 11.8 Å². The van der Waals surface area contributed by atoms with Crippen molar-refractivity contribution < 1.29 is 117 Å². The van der Waals surface area contributed by atoms with Crippen molar-refractivity contribution in [1.29, 1.82) is 0 Å². The molecule has 6 nitrogen and oxygen atoms in total. The van der Waals surface area contributed by atoms with E-state index in [0.717, 1.165) is 22.6 Å². The maximum atomic E-state index is 12.0. The van der Waals surface area contributed by atoms with E-state index in [1.165, 1.54) is 5.56 Å². The zero-order valence-corrected chi connectivity index (χ0v) is 33.5. The molecule has 0 saturated carbocycles. The minimum Gasteiger partial charge on any atom is -0.358 e. The Morgan fingerprint density at radius 2 is 0.881 bits per heavy atom. The fourth-order valence-electron chi connectivity index (χ4n) is 3.38. The van der Waals surface area contributed by atoms with E-state index in [1.54, 1.807) is 24.3 Å². The van der Waals surface area contributed by atoms with Gasteiger partial charge < -0.3 is 22.3 Å². The topological polar surface area (TPSA) is 81.9 Å². The largest absolute Gasteiger partial charge is 0.358 e. The van der Waals surface area contributed by atoms with Crippen LogP contribution < -0.4 is 5.90 Å². The molecule has 0 bridgehead atoms. The van der Waals surface area contributed by atoms with Crippen molar-refractivity contribution in [3.63, 3.8) is 0 Å². The van der Waals surface area contributed by atoms with Gasteiger partial charge in [0.1, 0.15) is 6.61 Å². The molecule has 0 aromatic heterocycles. The second kappa shape index (κ2) is 27.7. The standard InChI is InChI=1S/C15H11NO3.C8H10.C7H9NO.3CH3.3Y/c17-14-12-8-4-5-9-13(12)15(18)16(14)19-10-11-6-2-1-3-7-11;1-2-8-6-4-3-5-7-8;8-9-6-7-4-2-1-3-5-7;;;;;;/h1-9H,10H2;3-7H,2H2,1H3;1-5H,6,8H2;3*1H3;;;/q;;;3*-1;;;. The molecule has 1 aliphatic rings. The SMILES string of the molecule is CCc1ccccc1.NOCc1ccccc1.O=C1c2ccccc2C(=O)N1OCc1ccccc1.[CH3-].[CH3-].[CH3-].[Y].[Y].[Y]. The summed E-state index contributed by atoms with van der Waals surface area (Å²) in [4.78, 5) is 33.8. The first-order valence-corrected chi connectivity index (χ1v) is 11.7. The maximum Gasteiger partial charge on any atom is 0.285 e. The van der Waals surface area contributed by atoms with E-state index in [9.17, 15) is 9.59 Å². The molecule has 4 aromatic rings. The van der Waals surface area contributed by atoms with Crippen molar-refractivity contribution in [3.8, 4) is 0 Å². The molecule has 5 rings (SSSR count). The van der Waals surface area contributed by atoms with Crippen LogP contribution >= 0.6 is 0 Å². The predicted molar refractivity (Wildman–Crippen MR) is 159 cm³/mol. The summed E-state index contributed by atoms with van der Waals surface area (Å²) in [7, 11) is 0. The summed E-state index contributed by atoms with van der Waals surface area (Å²) in [5.74, 6) is 4.05. The van der Waals surface area contributed by atoms with Crippen LogP contribution in [0.2, 0.25) is 0 Å². The average Bonchev–Trinajstić information content (AvgIpc) is 3.19. The van der Waals surface area contributed by atoms with Gasteiger partial charge in [-0.25, -0.2) is 5.90 Å². The second-order valence-corrected chi connectivity index (χ2v) is 7.85. The first-order chi connectivity index (χ1) is 17.6. The number of hydroxylamine groups is 2. The smallest absolute Gasteiger partial charge is 0.285 e. The molecule has 2 amide bonds. The molecule has 0 saturated heterocycles. The van der Waals surface area contributed by atoms with Crippen LogP contribution in [0, 0.1) is 22.3 Å². The molecule has 9 heteroatoms. The van der Waals surface area contributed by atoms with Gasteiger partial charge in [-0.3, -0.25) is 19.3 Å². The van der Waals surface area contributed by atoms with Gasteiger partial charge in [-0.1, -0.05) is 110 Å². The van der Waals surface area contributed by atoms with E-state index in [1.807, 2.05) is 66.7 Å². The number of carbonyl (C=O) groups excluding carboxylic acids is 2. The summed E-state index contributed by atoms with van der Waals surface area (Å²) in [5.41, 5.74) is 4.19. The number of benzene rings is 4. The van der Waals surface area contributed by atoms with E-state index >= 15 is 0 Å². The van der Waals surface area contributed by atoms with Gasteiger partial charge in [0.05, 0.1) is 17.7 Å². The normalized spacial score (nSPS) is 10.0. The Labute approximate surface area is 328 Å². The minimum absolute atomic E-state index is 0. The van der Waals surface area contributed by atoms with Crippen LogP contribution in [-0.2, 0) is 127 Å². The van der Waals surface area contributed by atoms with Crippen molar-refractivity contribution >= 4 is 11.8 Å². The van der Waals surface area contributed by atoms with Crippen LogP contribution in [0.25, 0.3) is 0 Å². The summed E-state index contributed by atoms with van der Waals surface area (Å²) in [6, 6.07) is 36.3. The number of hydrogen-bond acceptors (Lipinski definition) is 5. The number of aryl methyl sites for hydroxylation is 1. The molecule has 4 aromatic carbocycles. The maximum absolute atomic E-state index is 12.0. The Kier molecular flexibility index (Phi) is 31.8. The molecule has 0 spiro atoms. The van der Waals surface area contributed by atoms with Crippen LogP contribution in [-0.4, -0.2) is 16.9 Å². The fourth-order valence-corrected chi connectivity index (χ4v) is 3.38. The molecule has 42 heavy (non-hydrogen) atoms. The zero-order chi connectivity index (χ0) is 25.6. The van der Waals surface area contributed by atoms with Gasteiger partial charge in [0.2, 0.25) is 0 Å². The van der Waals surface area contributed by atoms with Crippen LogP contribution in [0.5, 0.6) is 0 Å². The molecule has 1 aliphatic heterocycles. The van der Waals surface area contributed by atoms with Crippen LogP contribution in [0.15, 0.2) is 115 Å². The fraction of sp³-hybridized carbons (Fsp3) is 0.121. The third-order valence-corrected chi connectivity index (χ3v) is 5.30. The van der Waals surface area contributed by atoms with Gasteiger partial charge in [0.15, 0.2) is 0 Å². The molecule has 217 valence electrons. The number of amides is 2. The first kappa shape index (κ1) is 48.1. The van der Waals surface area contributed by atoms with Crippen molar-refractivity contribution in [1.82, 2.24) is 5.06 Å². The molecular weight excluding hydrogens is 755 g/mol. The van der Waals surface area contributed by atoms with Crippen molar-refractivity contribution in [2.75, 3.05) is 0 Å². The number of fused-ring (bicyclic) bond motifs is 1. The number of nitrogens with zero attached hydrogens (tertiary/aromatic N) is 1. The number of carbonyl (C=O) groups is 2. The Morgan fingerprint density at radius 1 is 0.548 bits per heavy atom. The molecule has 0 aliphatic carbocycles. The van der Waals surface area contributed by atoms with Crippen LogP contribution in [0.1, 0.15) is 44.3 Å². The monoisotopic (exact) mass is 794 g/mol. The summed E-state index contributed by atoms with van der Waals surface area (Å²) in [5, 5.41) is 0.831. The molecule has 0 atom stereocenters. The third kappa shape index (κ3) is 15.8. The Bertz CT molecular complexity index is 1200.